The van der Waals surface area contributed by atoms with E-state index in [0.717, 1.165) is 47.6 Å². The van der Waals surface area contributed by atoms with Gasteiger partial charge in [0.05, 0.1) is 37.0 Å². The Bertz CT molecular complexity index is 1290. The molecule has 2 aliphatic heterocycles. The van der Waals surface area contributed by atoms with Crippen molar-refractivity contribution in [3.63, 3.8) is 0 Å². The van der Waals surface area contributed by atoms with E-state index >= 15 is 4.39 Å². The highest BCUT2D eigenvalue weighted by atomic mass is 19.1. The lowest BCUT2D eigenvalue weighted by Gasteiger charge is -2.36. The molecule has 1 atom stereocenters. The molecular weight excluding hydrogens is 457 g/mol. The number of piperidine rings is 1. The summed E-state index contributed by atoms with van der Waals surface area (Å²) in [6.07, 6.45) is 7.91. The number of nitrogens with zero attached hydrogens (tertiary/aromatic N) is 3. The van der Waals surface area contributed by atoms with Crippen molar-refractivity contribution in [2.75, 3.05) is 27.4 Å². The number of methoxy groups -OCH3 is 2. The molecular formula is C29H34FN3O3. The number of likely N-dealkylation sites (tertiary alicyclic amines) is 1. The van der Waals surface area contributed by atoms with Crippen molar-refractivity contribution >= 4 is 6.08 Å². The van der Waals surface area contributed by atoms with E-state index < -0.39 is 11.3 Å². The van der Waals surface area contributed by atoms with Gasteiger partial charge in [-0.15, -0.1) is 0 Å². The van der Waals surface area contributed by atoms with Gasteiger partial charge in [0.1, 0.15) is 11.6 Å². The summed E-state index contributed by atoms with van der Waals surface area (Å²) < 4.78 is 34.3. The highest BCUT2D eigenvalue weighted by Crippen LogP contribution is 2.46. The van der Waals surface area contributed by atoms with Gasteiger partial charge in [-0.3, -0.25) is 4.90 Å². The summed E-state index contributed by atoms with van der Waals surface area (Å²) in [4.78, 5) is 6.59. The SMILES string of the molecule is COc1cc(/C=C2\CCCN(Cc3ccc(C(C)(C)OC)cc3F)C23CO3)ccc1-n1cnc(C)c1. The first kappa shape index (κ1) is 24.7. The molecule has 190 valence electrons. The minimum atomic E-state index is -0.533. The van der Waals surface area contributed by atoms with Crippen LogP contribution >= 0.6 is 0 Å². The minimum absolute atomic E-state index is 0.209. The second-order valence-electron chi connectivity index (χ2n) is 10.1. The number of ether oxygens (including phenoxy) is 3. The summed E-state index contributed by atoms with van der Waals surface area (Å²) >= 11 is 0. The van der Waals surface area contributed by atoms with Crippen molar-refractivity contribution < 1.29 is 18.6 Å². The maximum atomic E-state index is 15.1. The zero-order valence-electron chi connectivity index (χ0n) is 21.7. The second kappa shape index (κ2) is 9.47. The van der Waals surface area contributed by atoms with Crippen LogP contribution in [-0.4, -0.2) is 47.5 Å². The van der Waals surface area contributed by atoms with Gasteiger partial charge < -0.3 is 18.8 Å². The van der Waals surface area contributed by atoms with E-state index in [2.05, 4.69) is 22.0 Å². The molecule has 1 spiro atoms. The van der Waals surface area contributed by atoms with Gasteiger partial charge in [0.2, 0.25) is 0 Å². The Morgan fingerprint density at radius 3 is 2.64 bits per heavy atom. The van der Waals surface area contributed by atoms with Crippen LogP contribution in [0.5, 0.6) is 5.75 Å². The summed E-state index contributed by atoms with van der Waals surface area (Å²) in [6, 6.07) is 11.6. The van der Waals surface area contributed by atoms with Crippen LogP contribution in [0.15, 0.2) is 54.5 Å². The molecule has 0 aliphatic carbocycles. The van der Waals surface area contributed by atoms with Crippen molar-refractivity contribution in [3.8, 4) is 11.4 Å². The zero-order valence-corrected chi connectivity index (χ0v) is 21.7. The van der Waals surface area contributed by atoms with Crippen molar-refractivity contribution in [1.29, 1.82) is 0 Å². The number of aryl methyl sites for hydroxylation is 1. The summed E-state index contributed by atoms with van der Waals surface area (Å²) in [6.45, 7) is 7.83. The maximum absolute atomic E-state index is 15.1. The van der Waals surface area contributed by atoms with Crippen LogP contribution in [0, 0.1) is 12.7 Å². The average Bonchev–Trinajstić information content (AvgIpc) is 3.55. The van der Waals surface area contributed by atoms with Crippen LogP contribution in [0.3, 0.4) is 0 Å². The molecule has 0 saturated carbocycles. The lowest BCUT2D eigenvalue weighted by atomic mass is 9.92. The molecule has 3 heterocycles. The fourth-order valence-electron chi connectivity index (χ4n) is 4.99. The van der Waals surface area contributed by atoms with E-state index in [0.29, 0.717) is 18.7 Å². The highest BCUT2D eigenvalue weighted by molar-refractivity contribution is 5.62. The van der Waals surface area contributed by atoms with E-state index in [-0.39, 0.29) is 5.82 Å². The normalized spacial score (nSPS) is 21.3. The molecule has 1 aromatic heterocycles. The van der Waals surface area contributed by atoms with E-state index in [9.17, 15) is 0 Å². The van der Waals surface area contributed by atoms with Gasteiger partial charge in [0.15, 0.2) is 5.72 Å². The topological polar surface area (TPSA) is 52.1 Å². The first-order chi connectivity index (χ1) is 17.3. The lowest BCUT2D eigenvalue weighted by molar-refractivity contribution is 0.0189. The predicted octanol–water partition coefficient (Wildman–Crippen LogP) is 5.62. The van der Waals surface area contributed by atoms with Crippen molar-refractivity contribution in [3.05, 3.63) is 82.7 Å². The Morgan fingerprint density at radius 2 is 2.00 bits per heavy atom. The molecule has 2 aliphatic rings. The Labute approximate surface area is 212 Å². The number of epoxide rings is 1. The third-order valence-corrected chi connectivity index (χ3v) is 7.46. The third-order valence-electron chi connectivity index (χ3n) is 7.46. The number of rotatable bonds is 7. The van der Waals surface area contributed by atoms with Gasteiger partial charge in [0.25, 0.3) is 0 Å². The monoisotopic (exact) mass is 491 g/mol. The minimum Gasteiger partial charge on any atom is -0.495 e. The standard InChI is InChI=1S/C29H34FN3O3/c1-20-16-32(19-31-20)26-11-8-21(14-27(26)34-4)13-24-7-6-12-33(29(24)18-36-29)17-22-9-10-23(15-25(22)30)28(2,3)35-5/h8-11,13-16,19H,6-7,12,17-18H2,1-5H3/b24-13+. The summed E-state index contributed by atoms with van der Waals surface area (Å²) in [5.41, 5.74) is 4.67. The van der Waals surface area contributed by atoms with Gasteiger partial charge >= 0.3 is 0 Å². The van der Waals surface area contributed by atoms with Gasteiger partial charge in [-0.05, 0) is 68.5 Å². The molecule has 2 saturated heterocycles. The Morgan fingerprint density at radius 1 is 1.19 bits per heavy atom. The van der Waals surface area contributed by atoms with Gasteiger partial charge in [-0.1, -0.05) is 24.3 Å². The van der Waals surface area contributed by atoms with Gasteiger partial charge in [0, 0.05) is 32.0 Å². The molecule has 3 aromatic rings. The fraction of sp³-hybridized carbons (Fsp3) is 0.414. The second-order valence-corrected chi connectivity index (χ2v) is 10.1. The first-order valence-electron chi connectivity index (χ1n) is 12.4. The molecule has 2 aromatic carbocycles. The van der Waals surface area contributed by atoms with Crippen molar-refractivity contribution in [1.82, 2.24) is 14.5 Å². The van der Waals surface area contributed by atoms with Gasteiger partial charge in [-0.25, -0.2) is 9.37 Å². The number of hydrogen-bond donors (Lipinski definition) is 0. The number of imidazole rings is 1. The molecule has 36 heavy (non-hydrogen) atoms. The van der Waals surface area contributed by atoms with Crippen LogP contribution < -0.4 is 4.74 Å². The number of benzene rings is 2. The zero-order chi connectivity index (χ0) is 25.5. The number of halogens is 1. The van der Waals surface area contributed by atoms with Crippen LogP contribution in [0.4, 0.5) is 4.39 Å². The van der Waals surface area contributed by atoms with E-state index in [1.807, 2.05) is 55.8 Å². The molecule has 0 N–H and O–H groups in total. The van der Waals surface area contributed by atoms with E-state index in [1.165, 1.54) is 5.57 Å². The maximum Gasteiger partial charge on any atom is 0.168 e. The Kier molecular flexibility index (Phi) is 6.49. The summed E-state index contributed by atoms with van der Waals surface area (Å²) in [5, 5.41) is 0. The molecule has 0 amide bonds. The Balaban J connectivity index is 1.39. The molecule has 5 rings (SSSR count). The largest absolute Gasteiger partial charge is 0.495 e. The fourth-order valence-corrected chi connectivity index (χ4v) is 4.99. The number of aromatic nitrogens is 2. The van der Waals surface area contributed by atoms with E-state index in [1.54, 1.807) is 26.6 Å². The average molecular weight is 492 g/mol. The van der Waals surface area contributed by atoms with E-state index in [4.69, 9.17) is 14.2 Å². The lowest BCUT2D eigenvalue weighted by Crippen LogP contribution is -2.44. The molecule has 0 bridgehead atoms. The van der Waals surface area contributed by atoms with Crippen LogP contribution in [-0.2, 0) is 21.6 Å². The molecule has 6 nitrogen and oxygen atoms in total. The molecule has 1 unspecified atom stereocenters. The molecule has 0 radical (unpaired) electrons. The summed E-state index contributed by atoms with van der Waals surface area (Å²) in [5.74, 6) is 0.570. The predicted molar refractivity (Wildman–Crippen MR) is 138 cm³/mol. The highest BCUT2D eigenvalue weighted by Gasteiger charge is 2.54. The third kappa shape index (κ3) is 4.59. The Hall–Kier alpha value is -3.00. The van der Waals surface area contributed by atoms with Crippen LogP contribution in [0.25, 0.3) is 11.8 Å². The number of hydrogen-bond acceptors (Lipinski definition) is 5. The van der Waals surface area contributed by atoms with Crippen LogP contribution in [0.1, 0.15) is 49.1 Å². The van der Waals surface area contributed by atoms with Gasteiger partial charge in [-0.2, -0.15) is 0 Å². The smallest absolute Gasteiger partial charge is 0.168 e. The molecule has 7 heteroatoms. The van der Waals surface area contributed by atoms with Crippen molar-refractivity contribution in [2.24, 2.45) is 0 Å². The van der Waals surface area contributed by atoms with Crippen LogP contribution in [0.2, 0.25) is 0 Å². The molecule has 2 fully saturated rings. The first-order valence-corrected chi connectivity index (χ1v) is 12.4. The summed E-state index contributed by atoms with van der Waals surface area (Å²) in [7, 11) is 3.32. The van der Waals surface area contributed by atoms with Crippen molar-refractivity contribution in [2.45, 2.75) is 51.5 Å². The quantitative estimate of drug-likeness (QED) is 0.402.